The van der Waals surface area contributed by atoms with Gasteiger partial charge in [-0.05, 0) is 19.1 Å². The summed E-state index contributed by atoms with van der Waals surface area (Å²) in [5, 5.41) is 12.2. The third-order valence-corrected chi connectivity index (χ3v) is 3.61. The highest BCUT2D eigenvalue weighted by Crippen LogP contribution is 2.18. The van der Waals surface area contributed by atoms with Crippen molar-refractivity contribution in [3.05, 3.63) is 35.7 Å². The van der Waals surface area contributed by atoms with Crippen LogP contribution in [0.3, 0.4) is 0 Å². The van der Waals surface area contributed by atoms with E-state index >= 15 is 0 Å². The maximum Gasteiger partial charge on any atom is 0.335 e. The summed E-state index contributed by atoms with van der Waals surface area (Å²) in [6, 6.07) is 5.94. The third kappa shape index (κ3) is 3.14. The number of anilines is 1. The van der Waals surface area contributed by atoms with Crippen molar-refractivity contribution >= 4 is 16.0 Å². The van der Waals surface area contributed by atoms with E-state index in [2.05, 4.69) is 26.7 Å². The lowest BCUT2D eigenvalue weighted by Crippen LogP contribution is -2.14. The average Bonchev–Trinajstić information content (AvgIpc) is 2.81. The number of hydrogen-bond donors (Lipinski definition) is 2. The number of rotatable bonds is 3. The summed E-state index contributed by atoms with van der Waals surface area (Å²) in [5.74, 6) is 5.30. The number of aryl methyl sites for hydroxylation is 1. The number of benzene rings is 1. The van der Waals surface area contributed by atoms with Crippen molar-refractivity contribution in [2.24, 2.45) is 0 Å². The summed E-state index contributed by atoms with van der Waals surface area (Å²) in [7, 11) is -3.89. The summed E-state index contributed by atoms with van der Waals surface area (Å²) in [5.41, 5.74) is 0.269. The fraction of sp³-hybridized carbons (Fsp3) is 0.167. The molecule has 7 nitrogen and oxygen atoms in total. The quantitative estimate of drug-likeness (QED) is 0.799. The molecule has 0 atom stereocenters. The van der Waals surface area contributed by atoms with Crippen LogP contribution in [0.5, 0.6) is 0 Å². The molecule has 104 valence electrons. The summed E-state index contributed by atoms with van der Waals surface area (Å²) >= 11 is 0. The van der Waals surface area contributed by atoms with Crippen LogP contribution < -0.4 is 4.72 Å². The van der Waals surface area contributed by atoms with Crippen molar-refractivity contribution in [3.63, 3.8) is 0 Å². The maximum absolute atomic E-state index is 12.2. The number of aliphatic hydroxyl groups excluding tert-OH is 1. The predicted octanol–water partition coefficient (Wildman–Crippen LogP) is 0.523. The highest BCUT2D eigenvalue weighted by molar-refractivity contribution is 7.92. The van der Waals surface area contributed by atoms with Crippen LogP contribution in [0, 0.1) is 18.8 Å². The Morgan fingerprint density at radius 1 is 1.40 bits per heavy atom. The normalized spacial score (nSPS) is 10.7. The third-order valence-electron chi connectivity index (χ3n) is 2.23. The molecule has 1 aromatic heterocycles. The second-order valence-electron chi connectivity index (χ2n) is 3.71. The van der Waals surface area contributed by atoms with Gasteiger partial charge in [-0.3, -0.25) is 0 Å². The lowest BCUT2D eigenvalue weighted by atomic mass is 10.2. The van der Waals surface area contributed by atoms with E-state index in [4.69, 9.17) is 9.63 Å². The Morgan fingerprint density at radius 3 is 2.80 bits per heavy atom. The zero-order valence-electron chi connectivity index (χ0n) is 10.5. The standard InChI is InChI=1S/C12H11N3O4S/c1-9-13-12(19-14-9)15-20(17,18)11-7-3-2-5-10(11)6-4-8-16/h2-3,5,7,16H,8H2,1H3,(H,13,14,15). The maximum atomic E-state index is 12.2. The molecule has 0 saturated heterocycles. The fourth-order valence-corrected chi connectivity index (χ4v) is 2.54. The van der Waals surface area contributed by atoms with Crippen LogP contribution in [0.15, 0.2) is 33.7 Å². The van der Waals surface area contributed by atoms with Gasteiger partial charge in [0, 0.05) is 5.56 Å². The van der Waals surface area contributed by atoms with Crippen LogP contribution in [0.2, 0.25) is 0 Å². The summed E-state index contributed by atoms with van der Waals surface area (Å²) in [6.07, 6.45) is 0. The molecular formula is C12H11N3O4S. The van der Waals surface area contributed by atoms with E-state index in [-0.39, 0.29) is 23.1 Å². The molecule has 0 aliphatic rings. The van der Waals surface area contributed by atoms with Crippen molar-refractivity contribution in [1.29, 1.82) is 0 Å². The Labute approximate surface area is 115 Å². The van der Waals surface area contributed by atoms with E-state index in [1.807, 2.05) is 0 Å². The molecule has 2 aromatic rings. The molecular weight excluding hydrogens is 282 g/mol. The molecule has 1 aromatic carbocycles. The monoisotopic (exact) mass is 293 g/mol. The average molecular weight is 293 g/mol. The number of aliphatic hydroxyl groups is 1. The van der Waals surface area contributed by atoms with Gasteiger partial charge in [0.05, 0.1) is 0 Å². The number of nitrogens with zero attached hydrogens (tertiary/aromatic N) is 2. The Bertz CT molecular complexity index is 771. The second kappa shape index (κ2) is 5.73. The topological polar surface area (TPSA) is 105 Å². The van der Waals surface area contributed by atoms with Gasteiger partial charge < -0.3 is 9.63 Å². The van der Waals surface area contributed by atoms with Crippen molar-refractivity contribution in [3.8, 4) is 11.8 Å². The Hall–Kier alpha value is -2.37. The first-order valence-corrected chi connectivity index (χ1v) is 7.03. The summed E-state index contributed by atoms with van der Waals surface area (Å²) in [6.45, 7) is 1.21. The minimum absolute atomic E-state index is 0.0307. The van der Waals surface area contributed by atoms with Gasteiger partial charge in [0.2, 0.25) is 0 Å². The van der Waals surface area contributed by atoms with Crippen molar-refractivity contribution in [1.82, 2.24) is 10.1 Å². The molecule has 0 radical (unpaired) electrons. The lowest BCUT2D eigenvalue weighted by Gasteiger charge is -2.05. The largest absolute Gasteiger partial charge is 0.384 e. The van der Waals surface area contributed by atoms with E-state index in [1.165, 1.54) is 12.1 Å². The zero-order valence-corrected chi connectivity index (χ0v) is 11.3. The molecule has 0 aliphatic heterocycles. The van der Waals surface area contributed by atoms with E-state index in [1.54, 1.807) is 19.1 Å². The number of nitrogens with one attached hydrogen (secondary N) is 1. The number of sulfonamides is 1. The molecule has 0 aliphatic carbocycles. The molecule has 8 heteroatoms. The smallest absolute Gasteiger partial charge is 0.335 e. The van der Waals surface area contributed by atoms with Gasteiger partial charge in [-0.2, -0.15) is 4.98 Å². The summed E-state index contributed by atoms with van der Waals surface area (Å²) < 4.78 is 31.3. The summed E-state index contributed by atoms with van der Waals surface area (Å²) in [4.78, 5) is 3.74. The van der Waals surface area contributed by atoms with Crippen LogP contribution in [0.4, 0.5) is 6.01 Å². The van der Waals surface area contributed by atoms with Crippen molar-refractivity contribution in [2.45, 2.75) is 11.8 Å². The molecule has 2 rings (SSSR count). The Kier molecular flexibility index (Phi) is 4.02. The van der Waals surface area contributed by atoms with Gasteiger partial charge >= 0.3 is 6.01 Å². The predicted molar refractivity (Wildman–Crippen MR) is 70.2 cm³/mol. The fourth-order valence-electron chi connectivity index (χ4n) is 1.45. The van der Waals surface area contributed by atoms with E-state index < -0.39 is 10.0 Å². The first-order valence-electron chi connectivity index (χ1n) is 5.55. The number of aromatic nitrogens is 2. The van der Waals surface area contributed by atoms with E-state index in [0.717, 1.165) is 0 Å². The molecule has 0 amide bonds. The highest BCUT2D eigenvalue weighted by Gasteiger charge is 2.20. The van der Waals surface area contributed by atoms with Crippen molar-refractivity contribution < 1.29 is 18.0 Å². The minimum atomic E-state index is -3.89. The van der Waals surface area contributed by atoms with Crippen LogP contribution in [-0.4, -0.2) is 30.3 Å². The Morgan fingerprint density at radius 2 is 2.15 bits per heavy atom. The SMILES string of the molecule is Cc1noc(NS(=O)(=O)c2ccccc2C#CCO)n1. The number of hydrogen-bond acceptors (Lipinski definition) is 6. The van der Waals surface area contributed by atoms with Crippen LogP contribution in [0.25, 0.3) is 0 Å². The van der Waals surface area contributed by atoms with Gasteiger partial charge in [0.1, 0.15) is 11.5 Å². The van der Waals surface area contributed by atoms with E-state index in [9.17, 15) is 8.42 Å². The molecule has 0 bridgehead atoms. The molecule has 0 unspecified atom stereocenters. The van der Waals surface area contributed by atoms with Crippen molar-refractivity contribution in [2.75, 3.05) is 11.3 Å². The van der Waals surface area contributed by atoms with Crippen LogP contribution in [-0.2, 0) is 10.0 Å². The lowest BCUT2D eigenvalue weighted by molar-refractivity contribution is 0.350. The van der Waals surface area contributed by atoms with Gasteiger partial charge in [-0.1, -0.05) is 29.1 Å². The molecule has 1 heterocycles. The molecule has 0 spiro atoms. The molecule has 20 heavy (non-hydrogen) atoms. The highest BCUT2D eigenvalue weighted by atomic mass is 32.2. The molecule has 0 saturated carbocycles. The van der Waals surface area contributed by atoms with Gasteiger partial charge in [-0.15, -0.1) is 0 Å². The van der Waals surface area contributed by atoms with Gasteiger partial charge in [0.25, 0.3) is 10.0 Å². The van der Waals surface area contributed by atoms with E-state index in [0.29, 0.717) is 5.82 Å². The van der Waals surface area contributed by atoms with Gasteiger partial charge in [-0.25, -0.2) is 13.1 Å². The Balaban J connectivity index is 2.39. The van der Waals surface area contributed by atoms with Crippen LogP contribution in [0.1, 0.15) is 11.4 Å². The first kappa shape index (κ1) is 14.0. The molecule has 0 fully saturated rings. The zero-order chi connectivity index (χ0) is 14.6. The first-order chi connectivity index (χ1) is 9.53. The minimum Gasteiger partial charge on any atom is -0.384 e. The van der Waals surface area contributed by atoms with Gasteiger partial charge in [0.15, 0.2) is 5.82 Å². The molecule has 2 N–H and O–H groups in total. The second-order valence-corrected chi connectivity index (χ2v) is 5.36. The van der Waals surface area contributed by atoms with Crippen LogP contribution >= 0.6 is 0 Å².